The fraction of sp³-hybridized carbons (Fsp3) is 0.0870. The van der Waals surface area contributed by atoms with Crippen molar-refractivity contribution in [2.75, 3.05) is 11.5 Å². The second-order valence-corrected chi connectivity index (χ2v) is 6.12. The predicted octanol–water partition coefficient (Wildman–Crippen LogP) is 4.25. The van der Waals surface area contributed by atoms with E-state index in [4.69, 9.17) is 5.11 Å². The first-order valence-electron chi connectivity index (χ1n) is 9.21. The maximum Gasteiger partial charge on any atom is 0.337 e. The monoisotopic (exact) mass is 423 g/mol. The molecule has 0 aliphatic heterocycles. The van der Waals surface area contributed by atoms with Crippen LogP contribution in [0, 0.1) is 0 Å². The van der Waals surface area contributed by atoms with E-state index in [0.29, 0.717) is 0 Å². The molecule has 0 saturated carbocycles. The largest absolute Gasteiger partial charge is 0.478 e. The van der Waals surface area contributed by atoms with E-state index in [0.717, 1.165) is 0 Å². The highest BCUT2D eigenvalue weighted by Crippen LogP contribution is 2.40. The molecule has 8 nitrogen and oxygen atoms in total. The van der Waals surface area contributed by atoms with Gasteiger partial charge in [0.1, 0.15) is 0 Å². The highest BCUT2D eigenvalue weighted by Gasteiger charge is 2.26. The molecule has 3 aromatic carbocycles. The minimum atomic E-state index is -1.22. The summed E-state index contributed by atoms with van der Waals surface area (Å²) < 4.78 is 0. The Labute approximate surface area is 178 Å². The maximum atomic E-state index is 11.8. The Bertz CT molecular complexity index is 958. The lowest BCUT2D eigenvalue weighted by atomic mass is 10.0. The van der Waals surface area contributed by atoms with Gasteiger partial charge in [-0.15, -0.1) is 0 Å². The van der Waals surface area contributed by atoms with Crippen molar-refractivity contribution in [3.8, 4) is 0 Å². The van der Waals surface area contributed by atoms with E-state index >= 15 is 0 Å². The summed E-state index contributed by atoms with van der Waals surface area (Å²) in [4.78, 5) is 36.6. The van der Waals surface area contributed by atoms with Crippen molar-refractivity contribution >= 4 is 35.0 Å². The van der Waals surface area contributed by atoms with Crippen molar-refractivity contribution in [3.05, 3.63) is 89.5 Å². The molecule has 0 amide bonds. The van der Waals surface area contributed by atoms with Gasteiger partial charge < -0.3 is 25.3 Å². The second kappa shape index (κ2) is 10.6. The van der Waals surface area contributed by atoms with Gasteiger partial charge in [0.15, 0.2) is 0 Å². The van der Waals surface area contributed by atoms with Gasteiger partial charge in [0.2, 0.25) is 0 Å². The van der Waals surface area contributed by atoms with E-state index in [1.54, 1.807) is 25.1 Å². The topological polar surface area (TPSA) is 135 Å². The molecule has 0 fully saturated rings. The molecule has 0 spiro atoms. The Morgan fingerprint density at radius 1 is 0.613 bits per heavy atom. The van der Waals surface area contributed by atoms with Crippen molar-refractivity contribution in [2.45, 2.75) is 6.92 Å². The van der Waals surface area contributed by atoms with Crippen LogP contribution in [0.15, 0.2) is 72.8 Å². The summed E-state index contributed by atoms with van der Waals surface area (Å²) in [7, 11) is 0. The molecule has 0 aliphatic rings. The van der Waals surface area contributed by atoms with Crippen LogP contribution in [0.4, 0.5) is 17.1 Å². The molecule has 31 heavy (non-hydrogen) atoms. The Morgan fingerprint density at radius 3 is 1.06 bits per heavy atom. The zero-order valence-corrected chi connectivity index (χ0v) is 16.6. The van der Waals surface area contributed by atoms with E-state index in [-0.39, 0.29) is 40.4 Å². The molecule has 3 aromatic rings. The van der Waals surface area contributed by atoms with Crippen molar-refractivity contribution < 1.29 is 34.8 Å². The Morgan fingerprint density at radius 2 is 0.839 bits per heavy atom. The number of carbonyl (C=O) groups is 3. The van der Waals surface area contributed by atoms with Crippen molar-refractivity contribution in [3.63, 3.8) is 0 Å². The minimum absolute atomic E-state index is 0.0946. The molecule has 0 unspecified atom stereocenters. The molecule has 0 radical (unpaired) electrons. The van der Waals surface area contributed by atoms with E-state index in [2.05, 4.69) is 0 Å². The Balaban J connectivity index is 0.00000107. The van der Waals surface area contributed by atoms with Crippen LogP contribution in [0.5, 0.6) is 0 Å². The quantitative estimate of drug-likeness (QED) is 0.462. The number of rotatable bonds is 6. The van der Waals surface area contributed by atoms with E-state index in [9.17, 15) is 29.7 Å². The first-order chi connectivity index (χ1) is 14.8. The number of aliphatic hydroxyl groups excluding tert-OH is 1. The third-order valence-corrected chi connectivity index (χ3v) is 4.13. The van der Waals surface area contributed by atoms with Gasteiger partial charge in [-0.25, -0.2) is 14.4 Å². The molecular weight excluding hydrogens is 402 g/mol. The number of hydrogen-bond donors (Lipinski definition) is 4. The van der Waals surface area contributed by atoms with Gasteiger partial charge in [0.25, 0.3) is 0 Å². The number of anilines is 3. The van der Waals surface area contributed by atoms with Crippen LogP contribution >= 0.6 is 0 Å². The molecule has 3 rings (SSSR count). The normalized spacial score (nSPS) is 9.87. The van der Waals surface area contributed by atoms with E-state index in [1.807, 2.05) is 0 Å². The van der Waals surface area contributed by atoms with Gasteiger partial charge in [-0.2, -0.15) is 0 Å². The molecule has 0 atom stereocenters. The average Bonchev–Trinajstić information content (AvgIpc) is 2.75. The summed E-state index contributed by atoms with van der Waals surface area (Å²) in [6.45, 7) is 1.93. The van der Waals surface area contributed by atoms with Crippen molar-refractivity contribution in [1.82, 2.24) is 0 Å². The zero-order valence-electron chi connectivity index (χ0n) is 16.6. The molecule has 160 valence electrons. The van der Waals surface area contributed by atoms with Crippen LogP contribution in [0.3, 0.4) is 0 Å². The minimum Gasteiger partial charge on any atom is -0.478 e. The maximum absolute atomic E-state index is 11.8. The van der Waals surface area contributed by atoms with Crippen LogP contribution in [-0.4, -0.2) is 44.9 Å². The molecule has 0 bridgehead atoms. The summed E-state index contributed by atoms with van der Waals surface area (Å²) in [5.41, 5.74) is 0.167. The number of aromatic carboxylic acids is 3. The number of hydrogen-bond acceptors (Lipinski definition) is 5. The van der Waals surface area contributed by atoms with Crippen molar-refractivity contribution in [2.24, 2.45) is 0 Å². The first kappa shape index (κ1) is 23.1. The van der Waals surface area contributed by atoms with Gasteiger partial charge in [-0.05, 0) is 43.3 Å². The lowest BCUT2D eigenvalue weighted by Gasteiger charge is -2.29. The number of nitrogens with zero attached hydrogens (tertiary/aromatic N) is 1. The molecular formula is C23H21NO7. The molecule has 4 N–H and O–H groups in total. The summed E-state index contributed by atoms with van der Waals surface area (Å²) in [6, 6.07) is 18.0. The molecule has 0 heterocycles. The number of carboxylic acid groups (broad SMARTS) is 3. The second-order valence-electron chi connectivity index (χ2n) is 6.12. The van der Waals surface area contributed by atoms with Crippen LogP contribution in [0.25, 0.3) is 0 Å². The summed E-state index contributed by atoms with van der Waals surface area (Å²) in [5, 5.41) is 36.4. The fourth-order valence-corrected chi connectivity index (χ4v) is 2.94. The first-order valence-corrected chi connectivity index (χ1v) is 9.21. The van der Waals surface area contributed by atoms with Crippen molar-refractivity contribution in [1.29, 1.82) is 0 Å². The highest BCUT2D eigenvalue weighted by atomic mass is 16.4. The number of benzene rings is 3. The van der Waals surface area contributed by atoms with Gasteiger partial charge in [-0.3, -0.25) is 0 Å². The number of aliphatic hydroxyl groups is 1. The summed E-state index contributed by atoms with van der Waals surface area (Å²) in [5.74, 6) is -3.66. The summed E-state index contributed by atoms with van der Waals surface area (Å²) in [6.07, 6.45) is 0. The molecule has 8 heteroatoms. The fourth-order valence-electron chi connectivity index (χ4n) is 2.94. The van der Waals surface area contributed by atoms with Crippen LogP contribution < -0.4 is 4.90 Å². The number of carboxylic acids is 3. The SMILES string of the molecule is CCO.O=C(O)c1ccccc1N(c1ccccc1C(=O)O)c1ccccc1C(=O)O. The standard InChI is InChI=1S/C21H15NO6.C2H6O/c23-19(24)13-7-1-4-10-16(13)22(17-11-5-2-8-14(17)20(25)26)18-12-6-3-9-15(18)21(27)28;1-2-3/h1-12H,(H,23,24)(H,25,26)(H,27,28);3H,2H2,1H3. The third kappa shape index (κ3) is 5.26. The van der Waals surface area contributed by atoms with Gasteiger partial charge >= 0.3 is 17.9 Å². The van der Waals surface area contributed by atoms with Gasteiger partial charge in [0, 0.05) is 6.61 Å². The highest BCUT2D eigenvalue weighted by molar-refractivity contribution is 6.05. The molecule has 0 aliphatic carbocycles. The van der Waals surface area contributed by atoms with Crippen LogP contribution in [0.2, 0.25) is 0 Å². The van der Waals surface area contributed by atoms with Crippen LogP contribution in [-0.2, 0) is 0 Å². The summed E-state index contributed by atoms with van der Waals surface area (Å²) >= 11 is 0. The van der Waals surface area contributed by atoms with Gasteiger partial charge in [-0.1, -0.05) is 36.4 Å². The molecule has 0 aromatic heterocycles. The third-order valence-electron chi connectivity index (χ3n) is 4.13. The van der Waals surface area contributed by atoms with Gasteiger partial charge in [0.05, 0.1) is 33.8 Å². The lowest BCUT2D eigenvalue weighted by molar-refractivity contribution is 0.0688. The van der Waals surface area contributed by atoms with Crippen LogP contribution in [0.1, 0.15) is 38.0 Å². The van der Waals surface area contributed by atoms with E-state index < -0.39 is 17.9 Å². The lowest BCUT2D eigenvalue weighted by Crippen LogP contribution is -2.19. The number of para-hydroxylation sites is 3. The predicted molar refractivity (Wildman–Crippen MR) is 115 cm³/mol. The Hall–Kier alpha value is -4.17. The zero-order chi connectivity index (χ0) is 23.0. The Kier molecular flexibility index (Phi) is 7.87. The smallest absolute Gasteiger partial charge is 0.337 e. The van der Waals surface area contributed by atoms with E-state index in [1.165, 1.54) is 59.5 Å². The average molecular weight is 423 g/mol. The molecule has 0 saturated heterocycles.